The van der Waals surface area contributed by atoms with Crippen LogP contribution in [0.25, 0.3) is 0 Å². The maximum Gasteiger partial charge on any atom is 0.0695 e. The molecule has 13 heavy (non-hydrogen) atoms. The number of nitrogens with zero attached hydrogens (tertiary/aromatic N) is 1. The lowest BCUT2D eigenvalue weighted by Gasteiger charge is -2.30. The van der Waals surface area contributed by atoms with Crippen LogP contribution in [0.2, 0.25) is 0 Å². The second kappa shape index (κ2) is 4.43. The molecule has 0 aromatic carbocycles. The van der Waals surface area contributed by atoms with Crippen molar-refractivity contribution in [1.82, 2.24) is 4.90 Å². The van der Waals surface area contributed by atoms with Crippen LogP contribution >= 0.6 is 0 Å². The third-order valence-electron chi connectivity index (χ3n) is 3.55. The molecule has 1 aliphatic heterocycles. The molecule has 76 valence electrons. The van der Waals surface area contributed by atoms with E-state index < -0.39 is 0 Å². The predicted octanol–water partition coefficient (Wildman–Crippen LogP) is 1.78. The molecule has 2 aliphatic rings. The third kappa shape index (κ3) is 2.23. The van der Waals surface area contributed by atoms with E-state index in [1.165, 1.54) is 51.6 Å². The van der Waals surface area contributed by atoms with Gasteiger partial charge in [0.05, 0.1) is 6.10 Å². The molecule has 1 heterocycles. The normalized spacial score (nSPS) is 37.6. The van der Waals surface area contributed by atoms with Crippen LogP contribution in [-0.4, -0.2) is 35.2 Å². The Morgan fingerprint density at radius 1 is 0.846 bits per heavy atom. The topological polar surface area (TPSA) is 23.5 Å². The molecule has 0 aromatic rings. The van der Waals surface area contributed by atoms with E-state index in [9.17, 15) is 5.11 Å². The first-order valence-corrected chi connectivity index (χ1v) is 5.80. The number of likely N-dealkylation sites (tertiary alicyclic amines) is 1. The highest BCUT2D eigenvalue weighted by Gasteiger charge is 2.28. The van der Waals surface area contributed by atoms with Crippen molar-refractivity contribution in [2.24, 2.45) is 0 Å². The Balaban J connectivity index is 1.93. The summed E-state index contributed by atoms with van der Waals surface area (Å²) in [5, 5.41) is 9.97. The minimum absolute atomic E-state index is 0.0411. The summed E-state index contributed by atoms with van der Waals surface area (Å²) in [6, 6.07) is 0.491. The quantitative estimate of drug-likeness (QED) is 0.626. The molecule has 0 radical (unpaired) electrons. The highest BCUT2D eigenvalue weighted by Crippen LogP contribution is 2.25. The van der Waals surface area contributed by atoms with Gasteiger partial charge in [0, 0.05) is 6.04 Å². The van der Waals surface area contributed by atoms with Crippen LogP contribution in [0.15, 0.2) is 0 Å². The largest absolute Gasteiger partial charge is 0.391 e. The molecule has 2 nitrogen and oxygen atoms in total. The second-order valence-corrected chi connectivity index (χ2v) is 4.52. The fourth-order valence-electron chi connectivity index (χ4n) is 2.77. The van der Waals surface area contributed by atoms with E-state index in [4.69, 9.17) is 0 Å². The van der Waals surface area contributed by atoms with Crippen molar-refractivity contribution in [3.63, 3.8) is 0 Å². The molecule has 2 rings (SSSR count). The zero-order chi connectivity index (χ0) is 9.10. The Morgan fingerprint density at radius 3 is 2.31 bits per heavy atom. The van der Waals surface area contributed by atoms with Gasteiger partial charge in [-0.1, -0.05) is 19.3 Å². The molecule has 1 N–H and O–H groups in total. The van der Waals surface area contributed by atoms with Crippen LogP contribution in [0.4, 0.5) is 0 Å². The fraction of sp³-hybridized carbons (Fsp3) is 1.00. The molecular formula is C11H21NO. The monoisotopic (exact) mass is 183 g/mol. The SMILES string of the molecule is O[C@@H]1CCCCC[C@H]1N1CCCC1. The Kier molecular flexibility index (Phi) is 3.23. The summed E-state index contributed by atoms with van der Waals surface area (Å²) in [5.74, 6) is 0. The van der Waals surface area contributed by atoms with E-state index >= 15 is 0 Å². The predicted molar refractivity (Wildman–Crippen MR) is 53.7 cm³/mol. The van der Waals surface area contributed by atoms with Gasteiger partial charge in [-0.3, -0.25) is 4.90 Å². The van der Waals surface area contributed by atoms with Crippen LogP contribution in [-0.2, 0) is 0 Å². The first-order valence-electron chi connectivity index (χ1n) is 5.80. The van der Waals surface area contributed by atoms with Gasteiger partial charge in [0.15, 0.2) is 0 Å². The van der Waals surface area contributed by atoms with Gasteiger partial charge in [0.1, 0.15) is 0 Å². The van der Waals surface area contributed by atoms with E-state index in [-0.39, 0.29) is 6.10 Å². The Hall–Kier alpha value is -0.0800. The average molecular weight is 183 g/mol. The van der Waals surface area contributed by atoms with Crippen molar-refractivity contribution >= 4 is 0 Å². The van der Waals surface area contributed by atoms with E-state index in [1.807, 2.05) is 0 Å². The molecule has 0 amide bonds. The van der Waals surface area contributed by atoms with Gasteiger partial charge in [-0.05, 0) is 38.8 Å². The van der Waals surface area contributed by atoms with Gasteiger partial charge in [0.2, 0.25) is 0 Å². The van der Waals surface area contributed by atoms with Crippen LogP contribution in [0.3, 0.4) is 0 Å². The Morgan fingerprint density at radius 2 is 1.54 bits per heavy atom. The summed E-state index contributed by atoms with van der Waals surface area (Å²) < 4.78 is 0. The lowest BCUT2D eigenvalue weighted by molar-refractivity contribution is 0.0570. The summed E-state index contributed by atoms with van der Waals surface area (Å²) >= 11 is 0. The fourth-order valence-corrected chi connectivity index (χ4v) is 2.77. The number of hydrogen-bond donors (Lipinski definition) is 1. The minimum Gasteiger partial charge on any atom is -0.391 e. The van der Waals surface area contributed by atoms with Crippen molar-refractivity contribution in [1.29, 1.82) is 0 Å². The van der Waals surface area contributed by atoms with Crippen LogP contribution in [0.1, 0.15) is 44.9 Å². The van der Waals surface area contributed by atoms with Crippen LogP contribution in [0, 0.1) is 0 Å². The number of rotatable bonds is 1. The van der Waals surface area contributed by atoms with Gasteiger partial charge in [0.25, 0.3) is 0 Å². The molecule has 0 unspecified atom stereocenters. The molecular weight excluding hydrogens is 162 g/mol. The van der Waals surface area contributed by atoms with Gasteiger partial charge in [-0.2, -0.15) is 0 Å². The smallest absolute Gasteiger partial charge is 0.0695 e. The zero-order valence-corrected chi connectivity index (χ0v) is 8.41. The summed E-state index contributed by atoms with van der Waals surface area (Å²) in [6.07, 6.45) is 8.75. The Labute approximate surface area is 80.9 Å². The first kappa shape index (κ1) is 9.47. The van der Waals surface area contributed by atoms with Gasteiger partial charge < -0.3 is 5.11 Å². The van der Waals surface area contributed by atoms with E-state index in [2.05, 4.69) is 4.90 Å². The first-order chi connectivity index (χ1) is 6.38. The number of hydrogen-bond acceptors (Lipinski definition) is 2. The molecule has 1 saturated carbocycles. The molecule has 2 heteroatoms. The Bertz CT molecular complexity index is 154. The molecule has 1 aliphatic carbocycles. The lowest BCUT2D eigenvalue weighted by Crippen LogP contribution is -2.41. The highest BCUT2D eigenvalue weighted by atomic mass is 16.3. The van der Waals surface area contributed by atoms with E-state index in [0.717, 1.165) is 6.42 Å². The molecule has 1 saturated heterocycles. The van der Waals surface area contributed by atoms with E-state index in [1.54, 1.807) is 0 Å². The lowest BCUT2D eigenvalue weighted by atomic mass is 10.0. The van der Waals surface area contributed by atoms with Gasteiger partial charge in [-0.15, -0.1) is 0 Å². The minimum atomic E-state index is -0.0411. The maximum absolute atomic E-state index is 9.97. The standard InChI is InChI=1S/C11H21NO/c13-11-7-3-1-2-6-10(11)12-8-4-5-9-12/h10-11,13H,1-9H2/t10-,11-/m1/s1. The summed E-state index contributed by atoms with van der Waals surface area (Å²) in [6.45, 7) is 2.45. The van der Waals surface area contributed by atoms with Crippen molar-refractivity contribution < 1.29 is 5.11 Å². The third-order valence-corrected chi connectivity index (χ3v) is 3.55. The van der Waals surface area contributed by atoms with Crippen LogP contribution in [0.5, 0.6) is 0 Å². The average Bonchev–Trinajstić information content (AvgIpc) is 2.56. The van der Waals surface area contributed by atoms with Crippen molar-refractivity contribution in [3.05, 3.63) is 0 Å². The maximum atomic E-state index is 9.97. The van der Waals surface area contributed by atoms with Gasteiger partial charge in [-0.25, -0.2) is 0 Å². The van der Waals surface area contributed by atoms with Crippen molar-refractivity contribution in [3.8, 4) is 0 Å². The molecule has 0 aromatic heterocycles. The van der Waals surface area contributed by atoms with Gasteiger partial charge >= 0.3 is 0 Å². The van der Waals surface area contributed by atoms with Crippen molar-refractivity contribution in [2.45, 2.75) is 57.1 Å². The molecule has 2 fully saturated rings. The second-order valence-electron chi connectivity index (χ2n) is 4.52. The molecule has 0 spiro atoms. The van der Waals surface area contributed by atoms with Crippen LogP contribution < -0.4 is 0 Å². The summed E-state index contributed by atoms with van der Waals surface area (Å²) in [4.78, 5) is 2.51. The highest BCUT2D eigenvalue weighted by molar-refractivity contribution is 4.83. The molecule has 2 atom stereocenters. The summed E-state index contributed by atoms with van der Waals surface area (Å²) in [7, 11) is 0. The zero-order valence-electron chi connectivity index (χ0n) is 8.41. The summed E-state index contributed by atoms with van der Waals surface area (Å²) in [5.41, 5.74) is 0. The number of aliphatic hydroxyl groups is 1. The van der Waals surface area contributed by atoms with Crippen molar-refractivity contribution in [2.75, 3.05) is 13.1 Å². The molecule has 0 bridgehead atoms. The number of aliphatic hydroxyl groups excluding tert-OH is 1. The van der Waals surface area contributed by atoms with E-state index in [0.29, 0.717) is 6.04 Å².